The summed E-state index contributed by atoms with van der Waals surface area (Å²) in [7, 11) is 0. The molecule has 1 unspecified atom stereocenters. The lowest BCUT2D eigenvalue weighted by Crippen LogP contribution is -2.22. The van der Waals surface area contributed by atoms with E-state index in [1.54, 1.807) is 12.1 Å². The van der Waals surface area contributed by atoms with Crippen LogP contribution in [-0.4, -0.2) is 29.4 Å². The first-order valence-electron chi connectivity index (χ1n) is 15.1. The lowest BCUT2D eigenvalue weighted by atomic mass is 9.83. The first-order chi connectivity index (χ1) is 20.8. The number of hydrogen-bond donors (Lipinski definition) is 1. The van der Waals surface area contributed by atoms with Crippen LogP contribution in [0.3, 0.4) is 0 Å². The molecule has 43 heavy (non-hydrogen) atoms. The number of aliphatic hydroxyl groups is 1. The van der Waals surface area contributed by atoms with Gasteiger partial charge in [0.05, 0.1) is 0 Å². The van der Waals surface area contributed by atoms with Crippen molar-refractivity contribution in [3.8, 4) is 33.8 Å². The molecular weight excluding hydrogens is 544 g/mol. The molecule has 1 aliphatic carbocycles. The molecule has 0 aliphatic heterocycles. The van der Waals surface area contributed by atoms with Crippen molar-refractivity contribution in [2.24, 2.45) is 5.92 Å². The van der Waals surface area contributed by atoms with E-state index >= 15 is 0 Å². The van der Waals surface area contributed by atoms with Gasteiger partial charge in [-0.2, -0.15) is 0 Å². The number of esters is 1. The van der Waals surface area contributed by atoms with Gasteiger partial charge < -0.3 is 9.84 Å². The first kappa shape index (κ1) is 31.7. The number of benzene rings is 3. The second-order valence-electron chi connectivity index (χ2n) is 11.0. The van der Waals surface area contributed by atoms with Gasteiger partial charge in [0.1, 0.15) is 12.4 Å². The number of hydrogen-bond acceptors (Lipinski definition) is 7. The van der Waals surface area contributed by atoms with E-state index in [0.29, 0.717) is 5.56 Å². The number of carbonyl (C=O) groups is 3. The van der Waals surface area contributed by atoms with Crippen LogP contribution in [0.1, 0.15) is 76.8 Å². The van der Waals surface area contributed by atoms with E-state index in [0.717, 1.165) is 29.9 Å². The quantitative estimate of drug-likeness (QED) is 0.0550. The highest BCUT2D eigenvalue weighted by atomic mass is 17.2. The summed E-state index contributed by atoms with van der Waals surface area (Å²) in [5.41, 5.74) is 7.81. The molecule has 0 saturated carbocycles. The highest BCUT2D eigenvalue weighted by molar-refractivity contribution is 6.33. The molecule has 1 aliphatic rings. The summed E-state index contributed by atoms with van der Waals surface area (Å²) in [4.78, 5) is 44.0. The molecule has 7 nitrogen and oxygen atoms in total. The van der Waals surface area contributed by atoms with E-state index < -0.39 is 24.3 Å². The van der Waals surface area contributed by atoms with Gasteiger partial charge in [-0.1, -0.05) is 88.1 Å². The van der Waals surface area contributed by atoms with Crippen LogP contribution in [0, 0.1) is 5.92 Å². The van der Waals surface area contributed by atoms with Gasteiger partial charge in [0.15, 0.2) is 5.75 Å². The Bertz CT molecular complexity index is 1470. The third-order valence-corrected chi connectivity index (χ3v) is 7.85. The fraction of sp³-hybridized carbons (Fsp3) is 0.361. The van der Waals surface area contributed by atoms with Gasteiger partial charge in [-0.3, -0.25) is 14.5 Å². The molecule has 1 atom stereocenters. The minimum absolute atomic E-state index is 0.0464. The van der Waals surface area contributed by atoms with Gasteiger partial charge in [0, 0.05) is 13.0 Å². The van der Waals surface area contributed by atoms with Crippen LogP contribution in [0.5, 0.6) is 11.5 Å². The predicted molar refractivity (Wildman–Crippen MR) is 166 cm³/mol. The van der Waals surface area contributed by atoms with Crippen molar-refractivity contribution in [1.82, 2.24) is 0 Å². The molecule has 0 fully saturated rings. The largest absolute Gasteiger partial charge is 0.427 e. The number of ether oxygens (including phenoxy) is 1. The predicted octanol–water partition coefficient (Wildman–Crippen LogP) is 7.67. The average molecular weight is 585 g/mol. The van der Waals surface area contributed by atoms with Crippen molar-refractivity contribution < 1.29 is 34.0 Å². The zero-order chi connectivity index (χ0) is 30.8. The van der Waals surface area contributed by atoms with E-state index in [1.807, 2.05) is 24.3 Å². The van der Waals surface area contributed by atoms with Gasteiger partial charge in [-0.15, -0.1) is 0 Å². The van der Waals surface area contributed by atoms with Crippen LogP contribution >= 0.6 is 0 Å². The number of aryl methyl sites for hydroxylation is 1. The lowest BCUT2D eigenvalue weighted by molar-refractivity contribution is -0.213. The maximum absolute atomic E-state index is 11.6. The third-order valence-electron chi connectivity index (χ3n) is 7.85. The zero-order valence-corrected chi connectivity index (χ0v) is 25.2. The molecule has 226 valence electrons. The molecule has 0 radical (unpaired) electrons. The highest BCUT2D eigenvalue weighted by Crippen LogP contribution is 2.36. The number of rotatable bonds is 13. The number of unbranched alkanes of at least 4 members (excludes halogenated alkanes) is 2. The van der Waals surface area contributed by atoms with Crippen LogP contribution in [0.15, 0.2) is 66.7 Å². The smallest absolute Gasteiger partial charge is 0.423 e. The molecule has 1 N–H and O–H groups in total. The van der Waals surface area contributed by atoms with Gasteiger partial charge in [-0.05, 0) is 82.7 Å². The standard InChI is InChI=1S/C36H40O7/c1-4-6-7-8-25-9-11-27(12-10-25)30-17-18-34(26(5-2)19-30)29-15-13-28(14-16-29)31-20-32(41-24(3)38)22-33(21-31)42-43-36(40)35(39)23-37/h11,13-22,25,37H,4-10,12,23H2,1-3H3. The normalized spacial score (nSPS) is 14.5. The van der Waals surface area contributed by atoms with Crippen LogP contribution in [-0.2, 0) is 25.7 Å². The lowest BCUT2D eigenvalue weighted by Gasteiger charge is -2.23. The van der Waals surface area contributed by atoms with E-state index in [-0.39, 0.29) is 11.5 Å². The Morgan fingerprint density at radius 3 is 2.23 bits per heavy atom. The second-order valence-corrected chi connectivity index (χ2v) is 11.0. The van der Waals surface area contributed by atoms with Crippen molar-refractivity contribution >= 4 is 23.3 Å². The molecule has 0 heterocycles. The van der Waals surface area contributed by atoms with Gasteiger partial charge in [-0.25, -0.2) is 9.68 Å². The van der Waals surface area contributed by atoms with Crippen LogP contribution in [0.2, 0.25) is 0 Å². The molecule has 7 heteroatoms. The summed E-state index contributed by atoms with van der Waals surface area (Å²) in [6.07, 6.45) is 12.3. The third kappa shape index (κ3) is 8.64. The van der Waals surface area contributed by atoms with E-state index in [4.69, 9.17) is 14.7 Å². The minimum atomic E-state index is -1.34. The summed E-state index contributed by atoms with van der Waals surface area (Å²) < 4.78 is 5.23. The maximum atomic E-state index is 11.6. The summed E-state index contributed by atoms with van der Waals surface area (Å²) in [5.74, 6) is -1.96. The molecule has 4 rings (SSSR count). The number of Topliss-reactive ketones (excluding diaryl/α,β-unsaturated/α-hetero) is 1. The van der Waals surface area contributed by atoms with Crippen molar-refractivity contribution in [1.29, 1.82) is 0 Å². The molecular formula is C36H40O7. The Hall–Kier alpha value is -4.23. The monoisotopic (exact) mass is 584 g/mol. The average Bonchev–Trinajstić information content (AvgIpc) is 3.03. The van der Waals surface area contributed by atoms with Crippen molar-refractivity contribution in [2.75, 3.05) is 6.61 Å². The maximum Gasteiger partial charge on any atom is 0.423 e. The van der Waals surface area contributed by atoms with E-state index in [1.165, 1.54) is 73.8 Å². The van der Waals surface area contributed by atoms with Gasteiger partial charge in [0.2, 0.25) is 0 Å². The number of carbonyl (C=O) groups excluding carboxylic acids is 3. The van der Waals surface area contributed by atoms with Crippen LogP contribution in [0.4, 0.5) is 0 Å². The van der Waals surface area contributed by atoms with E-state index in [9.17, 15) is 14.4 Å². The van der Waals surface area contributed by atoms with Crippen molar-refractivity contribution in [2.45, 2.75) is 72.1 Å². The van der Waals surface area contributed by atoms with Gasteiger partial charge >= 0.3 is 11.9 Å². The van der Waals surface area contributed by atoms with Crippen LogP contribution in [0.25, 0.3) is 27.8 Å². The SMILES string of the molecule is CCCCCC1CC=C(c2ccc(-c3ccc(-c4cc(OOC(=O)C(=O)CO)cc(OC(C)=O)c4)cc3)c(CC)c2)CC1. The molecule has 3 aromatic carbocycles. The molecule has 0 amide bonds. The summed E-state index contributed by atoms with van der Waals surface area (Å²) in [5, 5.41) is 8.82. The summed E-state index contributed by atoms with van der Waals surface area (Å²) >= 11 is 0. The Balaban J connectivity index is 1.53. The molecule has 0 saturated heterocycles. The van der Waals surface area contributed by atoms with Crippen LogP contribution < -0.4 is 9.62 Å². The van der Waals surface area contributed by atoms with Crippen molar-refractivity contribution in [3.05, 3.63) is 77.9 Å². The minimum Gasteiger partial charge on any atom is -0.427 e. The molecule has 0 bridgehead atoms. The molecule has 0 spiro atoms. The second kappa shape index (κ2) is 15.3. The Kier molecular flexibility index (Phi) is 11.3. The van der Waals surface area contributed by atoms with Gasteiger partial charge in [0.25, 0.3) is 5.78 Å². The molecule has 3 aromatic rings. The highest BCUT2D eigenvalue weighted by Gasteiger charge is 2.18. The fourth-order valence-corrected chi connectivity index (χ4v) is 5.51. The number of allylic oxidation sites excluding steroid dienone is 2. The topological polar surface area (TPSA) is 99.1 Å². The Labute approximate surface area is 253 Å². The Morgan fingerprint density at radius 2 is 1.58 bits per heavy atom. The van der Waals surface area contributed by atoms with Crippen molar-refractivity contribution in [3.63, 3.8) is 0 Å². The number of ketones is 1. The molecule has 0 aromatic heterocycles. The fourth-order valence-electron chi connectivity index (χ4n) is 5.51. The number of aliphatic hydroxyl groups excluding tert-OH is 1. The summed E-state index contributed by atoms with van der Waals surface area (Å²) in [6, 6.07) is 19.4. The zero-order valence-electron chi connectivity index (χ0n) is 25.2. The first-order valence-corrected chi connectivity index (χ1v) is 15.1. The van der Waals surface area contributed by atoms with E-state index in [2.05, 4.69) is 43.0 Å². The summed E-state index contributed by atoms with van der Waals surface area (Å²) in [6.45, 7) is 4.72. The Morgan fingerprint density at radius 1 is 0.860 bits per heavy atom.